The number of rotatable bonds is 0. The van der Waals surface area contributed by atoms with E-state index >= 15 is 0 Å². The Labute approximate surface area is 40.8 Å². The highest BCUT2D eigenvalue weighted by Crippen LogP contribution is 1.81. The number of carbonyl (C=O) groups is 1. The molecule has 0 atom stereocenters. The molecule has 1 heterocycles. The Kier molecular flexibility index (Phi) is 1.12. The van der Waals surface area contributed by atoms with E-state index in [0.29, 0.717) is 0 Å². The van der Waals surface area contributed by atoms with E-state index < -0.39 is 6.09 Å². The molecule has 4 nitrogen and oxygen atoms in total. The molecule has 0 unspecified atom stereocenters. The molecule has 0 saturated carbocycles. The lowest BCUT2D eigenvalue weighted by atomic mass is 10.7. The molecule has 0 aromatic carbocycles. The van der Waals surface area contributed by atoms with Crippen molar-refractivity contribution in [3.8, 4) is 0 Å². The minimum absolute atomic E-state index is 0.214. The van der Waals surface area contributed by atoms with E-state index in [2.05, 4.69) is 22.1 Å². The lowest BCUT2D eigenvalue weighted by Crippen LogP contribution is -2.42. The van der Waals surface area contributed by atoms with Gasteiger partial charge in [0.2, 0.25) is 0 Å². The molecule has 0 bridgehead atoms. The summed E-state index contributed by atoms with van der Waals surface area (Å²) in [4.78, 5) is 10.0. The quantitative estimate of drug-likeness (QED) is 0.422. The van der Waals surface area contributed by atoms with Gasteiger partial charge >= 0.3 is 6.09 Å². The number of cyclic esters (lactones) is 1. The van der Waals surface area contributed by atoms with Gasteiger partial charge in [-0.05, 0) is 0 Å². The van der Waals surface area contributed by atoms with E-state index in [0.717, 1.165) is 0 Å². The topological polar surface area (TPSA) is 50.4 Å². The van der Waals surface area contributed by atoms with Crippen LogP contribution in [-0.4, -0.2) is 12.7 Å². The number of carbonyl (C=O) groups excluding carboxylic acids is 1. The molecule has 0 spiro atoms. The van der Waals surface area contributed by atoms with E-state index in [1.165, 1.54) is 0 Å². The molecule has 1 aliphatic heterocycles. The van der Waals surface area contributed by atoms with Gasteiger partial charge in [0, 0.05) is 0 Å². The van der Waals surface area contributed by atoms with Crippen LogP contribution in [-0.2, 0) is 4.74 Å². The Morgan fingerprint density at radius 3 is 3.00 bits per heavy atom. The van der Waals surface area contributed by atoms with E-state index in [-0.39, 0.29) is 6.61 Å². The van der Waals surface area contributed by atoms with Gasteiger partial charge in [0.05, 0.1) is 0 Å². The van der Waals surface area contributed by atoms with Crippen LogP contribution >= 0.6 is 0 Å². The molecule has 0 aromatic heterocycles. The van der Waals surface area contributed by atoms with Crippen molar-refractivity contribution in [3.63, 3.8) is 0 Å². The molecule has 1 amide bonds. The first kappa shape index (κ1) is 4.39. The fraction of sp³-hybridized carbons (Fsp3) is 0.333. The Bertz CT molecular complexity index is 75.0. The van der Waals surface area contributed by atoms with Crippen LogP contribution in [0.5, 0.6) is 0 Å². The van der Waals surface area contributed by atoms with Crippen LogP contribution in [0.3, 0.4) is 0 Å². The zero-order valence-electron chi connectivity index (χ0n) is 3.52. The summed E-state index contributed by atoms with van der Waals surface area (Å²) in [6, 6.07) is 0. The zero-order valence-corrected chi connectivity index (χ0v) is 3.52. The predicted molar refractivity (Wildman–Crippen MR) is 20.9 cm³/mol. The van der Waals surface area contributed by atoms with Crippen LogP contribution < -0.4 is 10.9 Å². The van der Waals surface area contributed by atoms with Crippen LogP contribution in [0.25, 0.3) is 0 Å². The maximum atomic E-state index is 10.0. The smallest absolute Gasteiger partial charge is 0.421 e. The molecule has 38 valence electrons. The summed E-state index contributed by atoms with van der Waals surface area (Å²) in [5, 5.41) is 0. The zero-order chi connectivity index (χ0) is 5.11. The number of ether oxygens (including phenoxy) is 1. The van der Waals surface area contributed by atoms with Crippen molar-refractivity contribution in [2.24, 2.45) is 0 Å². The van der Waals surface area contributed by atoms with E-state index in [9.17, 15) is 4.79 Å². The molecule has 2 radical (unpaired) electrons. The SMILES string of the molecule is O=C1NN[C]CO1. The molecule has 1 saturated heterocycles. The van der Waals surface area contributed by atoms with Gasteiger partial charge in [-0.1, -0.05) is 0 Å². The van der Waals surface area contributed by atoms with Gasteiger partial charge < -0.3 is 4.74 Å². The van der Waals surface area contributed by atoms with Crippen molar-refractivity contribution in [2.75, 3.05) is 6.61 Å². The third-order valence-corrected chi connectivity index (χ3v) is 0.528. The summed E-state index contributed by atoms with van der Waals surface area (Å²) in [6.45, 7) is 2.73. The first-order valence-corrected chi connectivity index (χ1v) is 1.80. The van der Waals surface area contributed by atoms with E-state index in [4.69, 9.17) is 0 Å². The van der Waals surface area contributed by atoms with E-state index in [1.807, 2.05) is 0 Å². The van der Waals surface area contributed by atoms with Gasteiger partial charge in [-0.2, -0.15) is 0 Å². The van der Waals surface area contributed by atoms with E-state index in [1.54, 1.807) is 0 Å². The summed E-state index contributed by atoms with van der Waals surface area (Å²) in [6.07, 6.45) is -0.459. The average molecular weight is 100 g/mol. The number of hydrogen-bond donors (Lipinski definition) is 2. The Morgan fingerprint density at radius 1 is 1.86 bits per heavy atom. The molecule has 0 aromatic rings. The minimum atomic E-state index is -0.459. The number of amides is 1. The lowest BCUT2D eigenvalue weighted by Gasteiger charge is -2.11. The van der Waals surface area contributed by atoms with Crippen molar-refractivity contribution in [2.45, 2.75) is 0 Å². The summed E-state index contributed by atoms with van der Waals surface area (Å²) in [5.74, 6) is 0. The minimum Gasteiger partial charge on any atom is -0.446 e. The van der Waals surface area contributed by atoms with Gasteiger partial charge in [0.15, 0.2) is 0 Å². The molecular formula is C3H4N2O2. The van der Waals surface area contributed by atoms with Crippen molar-refractivity contribution < 1.29 is 9.53 Å². The first-order chi connectivity index (χ1) is 3.39. The van der Waals surface area contributed by atoms with Crippen LogP contribution in [0.4, 0.5) is 4.79 Å². The highest BCUT2D eigenvalue weighted by molar-refractivity contribution is 5.67. The molecule has 1 fully saturated rings. The number of nitrogens with one attached hydrogen (secondary N) is 2. The maximum Gasteiger partial charge on any atom is 0.421 e. The van der Waals surface area contributed by atoms with Gasteiger partial charge in [0.1, 0.15) is 13.2 Å². The van der Waals surface area contributed by atoms with Crippen LogP contribution in [0.15, 0.2) is 0 Å². The van der Waals surface area contributed by atoms with Gasteiger partial charge in [-0.3, -0.25) is 5.43 Å². The second-order valence-corrected chi connectivity index (χ2v) is 1.00. The Balaban J connectivity index is 2.25. The van der Waals surface area contributed by atoms with Crippen molar-refractivity contribution in [3.05, 3.63) is 6.54 Å². The first-order valence-electron chi connectivity index (χ1n) is 1.80. The number of hydrogen-bond acceptors (Lipinski definition) is 3. The molecule has 4 heteroatoms. The third kappa shape index (κ3) is 1.04. The fourth-order valence-electron chi connectivity index (χ4n) is 0.269. The summed E-state index contributed by atoms with van der Waals surface area (Å²) in [5.41, 5.74) is 4.52. The average Bonchev–Trinajstić information content (AvgIpc) is 1.69. The molecular weight excluding hydrogens is 96.0 g/mol. The van der Waals surface area contributed by atoms with Crippen molar-refractivity contribution in [1.29, 1.82) is 0 Å². The van der Waals surface area contributed by atoms with Crippen molar-refractivity contribution >= 4 is 6.09 Å². The van der Waals surface area contributed by atoms with Crippen molar-refractivity contribution in [1.82, 2.24) is 10.9 Å². The third-order valence-electron chi connectivity index (χ3n) is 0.528. The Morgan fingerprint density at radius 2 is 2.71 bits per heavy atom. The second-order valence-electron chi connectivity index (χ2n) is 1.00. The molecule has 2 N–H and O–H groups in total. The monoisotopic (exact) mass is 100 g/mol. The molecule has 0 aliphatic carbocycles. The molecule has 1 rings (SSSR count). The summed E-state index contributed by atoms with van der Waals surface area (Å²) < 4.78 is 4.35. The van der Waals surface area contributed by atoms with Crippen LogP contribution in [0.2, 0.25) is 0 Å². The van der Waals surface area contributed by atoms with Crippen LogP contribution in [0.1, 0.15) is 0 Å². The van der Waals surface area contributed by atoms with Gasteiger partial charge in [-0.15, -0.1) is 0 Å². The lowest BCUT2D eigenvalue weighted by molar-refractivity contribution is 0.133. The molecule has 7 heavy (non-hydrogen) atoms. The van der Waals surface area contributed by atoms with Crippen LogP contribution in [0, 0.1) is 6.54 Å². The van der Waals surface area contributed by atoms with Gasteiger partial charge in [0.25, 0.3) is 0 Å². The standard InChI is InChI=1S/C3H4N2O2/c6-3-5-4-1-2-7-3/h4H,2H2,(H,5,6). The summed E-state index contributed by atoms with van der Waals surface area (Å²) in [7, 11) is 0. The number of hydrazine groups is 1. The predicted octanol–water partition coefficient (Wildman–Crippen LogP) is -0.730. The molecule has 1 aliphatic rings. The largest absolute Gasteiger partial charge is 0.446 e. The normalized spacial score (nSPS) is 20.3. The highest BCUT2D eigenvalue weighted by atomic mass is 16.6. The Hall–Kier alpha value is -0.770. The maximum absolute atomic E-state index is 10.0. The summed E-state index contributed by atoms with van der Waals surface area (Å²) >= 11 is 0. The highest BCUT2D eigenvalue weighted by Gasteiger charge is 2.05. The fourth-order valence-corrected chi connectivity index (χ4v) is 0.269. The van der Waals surface area contributed by atoms with Gasteiger partial charge in [-0.25, -0.2) is 10.2 Å². The second kappa shape index (κ2) is 1.79.